The molecule has 6 nitrogen and oxygen atoms in total. The lowest BCUT2D eigenvalue weighted by molar-refractivity contribution is 0.0696. The summed E-state index contributed by atoms with van der Waals surface area (Å²) >= 11 is 0. The number of hydrogen-bond acceptors (Lipinski definition) is 3. The number of ether oxygens (including phenoxy) is 1. The van der Waals surface area contributed by atoms with E-state index in [1.807, 2.05) is 13.0 Å². The normalized spacial score (nSPS) is 10.1. The van der Waals surface area contributed by atoms with Gasteiger partial charge >= 0.3 is 12.0 Å². The molecule has 0 aliphatic rings. The largest absolute Gasteiger partial charge is 0.478 e. The third kappa shape index (κ3) is 7.31. The molecule has 0 aliphatic heterocycles. The topological polar surface area (TPSA) is 87.7 Å². The van der Waals surface area contributed by atoms with E-state index in [1.54, 1.807) is 18.2 Å². The summed E-state index contributed by atoms with van der Waals surface area (Å²) in [6.07, 6.45) is 1.37. The van der Waals surface area contributed by atoms with Crippen LogP contribution in [0, 0.1) is 0 Å². The van der Waals surface area contributed by atoms with Gasteiger partial charge in [-0.15, -0.1) is 0 Å². The molecule has 21 heavy (non-hydrogen) atoms. The molecular weight excluding hydrogens is 272 g/mol. The first-order valence-corrected chi connectivity index (χ1v) is 7.05. The summed E-state index contributed by atoms with van der Waals surface area (Å²) in [5.41, 5.74) is 1.14. The van der Waals surface area contributed by atoms with Crippen LogP contribution in [-0.4, -0.2) is 43.4 Å². The Labute approximate surface area is 124 Å². The molecule has 0 heterocycles. The van der Waals surface area contributed by atoms with Gasteiger partial charge in [0, 0.05) is 26.3 Å². The van der Waals surface area contributed by atoms with Crippen LogP contribution in [0.5, 0.6) is 0 Å². The van der Waals surface area contributed by atoms with E-state index in [9.17, 15) is 9.59 Å². The van der Waals surface area contributed by atoms with E-state index in [2.05, 4.69) is 10.6 Å². The van der Waals surface area contributed by atoms with E-state index in [4.69, 9.17) is 9.84 Å². The minimum Gasteiger partial charge on any atom is -0.478 e. The van der Waals surface area contributed by atoms with Crippen LogP contribution in [0.1, 0.15) is 29.3 Å². The predicted molar refractivity (Wildman–Crippen MR) is 79.6 cm³/mol. The van der Waals surface area contributed by atoms with Crippen molar-refractivity contribution in [2.24, 2.45) is 0 Å². The zero-order valence-corrected chi connectivity index (χ0v) is 12.2. The van der Waals surface area contributed by atoms with Crippen LogP contribution in [0.3, 0.4) is 0 Å². The van der Waals surface area contributed by atoms with Crippen molar-refractivity contribution in [3.05, 3.63) is 35.4 Å². The van der Waals surface area contributed by atoms with Crippen molar-refractivity contribution in [2.45, 2.75) is 19.8 Å². The maximum absolute atomic E-state index is 11.5. The number of carbonyl (C=O) groups is 2. The Morgan fingerprint density at radius 1 is 1.24 bits per heavy atom. The van der Waals surface area contributed by atoms with Gasteiger partial charge in [-0.3, -0.25) is 0 Å². The van der Waals surface area contributed by atoms with E-state index in [0.717, 1.165) is 12.0 Å². The summed E-state index contributed by atoms with van der Waals surface area (Å²) in [7, 11) is 0. The number of aromatic carboxylic acids is 1. The highest BCUT2D eigenvalue weighted by atomic mass is 16.5. The monoisotopic (exact) mass is 294 g/mol. The molecule has 1 rings (SSSR count). The van der Waals surface area contributed by atoms with Crippen molar-refractivity contribution in [1.82, 2.24) is 10.6 Å². The van der Waals surface area contributed by atoms with Gasteiger partial charge in [-0.2, -0.15) is 0 Å². The Bertz CT molecular complexity index is 463. The number of rotatable bonds is 9. The van der Waals surface area contributed by atoms with Crippen molar-refractivity contribution >= 4 is 12.0 Å². The number of nitrogens with one attached hydrogen (secondary N) is 2. The van der Waals surface area contributed by atoms with Crippen LogP contribution in [0.25, 0.3) is 0 Å². The number of amides is 2. The molecule has 0 unspecified atom stereocenters. The number of hydrogen-bond donors (Lipinski definition) is 3. The fourth-order valence-corrected chi connectivity index (χ4v) is 1.76. The third-order valence-electron chi connectivity index (χ3n) is 2.83. The molecule has 0 radical (unpaired) electrons. The highest BCUT2D eigenvalue weighted by Gasteiger charge is 2.04. The molecule has 1 aromatic rings. The van der Waals surface area contributed by atoms with Crippen LogP contribution < -0.4 is 10.6 Å². The van der Waals surface area contributed by atoms with Crippen LogP contribution in [-0.2, 0) is 11.2 Å². The van der Waals surface area contributed by atoms with Crippen LogP contribution in [0.15, 0.2) is 24.3 Å². The smallest absolute Gasteiger partial charge is 0.335 e. The molecule has 0 spiro atoms. The summed E-state index contributed by atoms with van der Waals surface area (Å²) in [6.45, 7) is 4.28. The lowest BCUT2D eigenvalue weighted by atomic mass is 10.1. The average Bonchev–Trinajstić information content (AvgIpc) is 2.47. The maximum Gasteiger partial charge on any atom is 0.335 e. The number of benzene rings is 1. The number of urea groups is 1. The third-order valence-corrected chi connectivity index (χ3v) is 2.83. The van der Waals surface area contributed by atoms with Gasteiger partial charge in [0.15, 0.2) is 0 Å². The van der Waals surface area contributed by atoms with E-state index in [0.29, 0.717) is 32.7 Å². The van der Waals surface area contributed by atoms with Crippen LogP contribution in [0.4, 0.5) is 4.79 Å². The van der Waals surface area contributed by atoms with Gasteiger partial charge in [0.05, 0.1) is 5.56 Å². The van der Waals surface area contributed by atoms with Gasteiger partial charge in [-0.1, -0.05) is 12.1 Å². The molecule has 0 bridgehead atoms. The molecule has 0 aromatic heterocycles. The Hall–Kier alpha value is -2.08. The molecule has 0 saturated heterocycles. The lowest BCUT2D eigenvalue weighted by Gasteiger charge is -2.08. The molecule has 1 aromatic carbocycles. The lowest BCUT2D eigenvalue weighted by Crippen LogP contribution is -2.37. The molecule has 116 valence electrons. The van der Waals surface area contributed by atoms with Crippen molar-refractivity contribution in [3.63, 3.8) is 0 Å². The van der Waals surface area contributed by atoms with E-state index in [1.165, 1.54) is 0 Å². The Morgan fingerprint density at radius 3 is 2.71 bits per heavy atom. The Kier molecular flexibility index (Phi) is 7.89. The second-order valence-corrected chi connectivity index (χ2v) is 4.49. The highest BCUT2D eigenvalue weighted by molar-refractivity contribution is 5.87. The summed E-state index contributed by atoms with van der Waals surface area (Å²) in [6, 6.07) is 6.48. The first-order chi connectivity index (χ1) is 10.1. The molecule has 0 saturated carbocycles. The molecule has 0 aliphatic carbocycles. The minimum atomic E-state index is -0.947. The quantitative estimate of drug-likeness (QED) is 0.604. The molecule has 3 N–H and O–H groups in total. The number of carboxylic acid groups (broad SMARTS) is 1. The number of carboxylic acids is 1. The summed E-state index contributed by atoms with van der Waals surface area (Å²) in [5.74, 6) is -0.947. The molecule has 0 atom stereocenters. The molecule has 2 amide bonds. The van der Waals surface area contributed by atoms with E-state index in [-0.39, 0.29) is 11.6 Å². The second kappa shape index (κ2) is 9.77. The summed E-state index contributed by atoms with van der Waals surface area (Å²) in [5, 5.41) is 14.4. The Balaban J connectivity index is 2.19. The van der Waals surface area contributed by atoms with Crippen molar-refractivity contribution in [3.8, 4) is 0 Å². The first kappa shape index (κ1) is 17.0. The SMILES string of the molecule is CCOCCCNC(=O)NCCc1cccc(C(=O)O)c1. The van der Waals surface area contributed by atoms with Gasteiger partial charge in [0.2, 0.25) is 0 Å². The minimum absolute atomic E-state index is 0.221. The highest BCUT2D eigenvalue weighted by Crippen LogP contribution is 2.05. The molecule has 6 heteroatoms. The van der Waals surface area contributed by atoms with Gasteiger partial charge in [-0.25, -0.2) is 9.59 Å². The Morgan fingerprint density at radius 2 is 2.00 bits per heavy atom. The van der Waals surface area contributed by atoms with E-state index >= 15 is 0 Å². The number of carbonyl (C=O) groups excluding carboxylic acids is 1. The maximum atomic E-state index is 11.5. The van der Waals surface area contributed by atoms with Crippen molar-refractivity contribution in [2.75, 3.05) is 26.3 Å². The van der Waals surface area contributed by atoms with Crippen molar-refractivity contribution in [1.29, 1.82) is 0 Å². The van der Waals surface area contributed by atoms with Gasteiger partial charge in [-0.05, 0) is 37.5 Å². The van der Waals surface area contributed by atoms with Crippen molar-refractivity contribution < 1.29 is 19.4 Å². The average molecular weight is 294 g/mol. The van der Waals surface area contributed by atoms with Gasteiger partial charge < -0.3 is 20.5 Å². The zero-order chi connectivity index (χ0) is 15.5. The zero-order valence-electron chi connectivity index (χ0n) is 12.2. The second-order valence-electron chi connectivity index (χ2n) is 4.49. The van der Waals surface area contributed by atoms with E-state index < -0.39 is 5.97 Å². The standard InChI is InChI=1S/C15H22N2O4/c1-2-21-10-4-8-16-15(20)17-9-7-12-5-3-6-13(11-12)14(18)19/h3,5-6,11H,2,4,7-10H2,1H3,(H,18,19)(H2,16,17,20). The predicted octanol–water partition coefficient (Wildman–Crippen LogP) is 1.65. The fourth-order valence-electron chi connectivity index (χ4n) is 1.76. The van der Waals surface area contributed by atoms with Crippen LogP contribution in [0.2, 0.25) is 0 Å². The first-order valence-electron chi connectivity index (χ1n) is 7.05. The van der Waals surface area contributed by atoms with Gasteiger partial charge in [0.1, 0.15) is 0 Å². The summed E-state index contributed by atoms with van der Waals surface area (Å²) in [4.78, 5) is 22.3. The summed E-state index contributed by atoms with van der Waals surface area (Å²) < 4.78 is 5.17. The molecule has 0 fully saturated rings. The van der Waals surface area contributed by atoms with Gasteiger partial charge in [0.25, 0.3) is 0 Å². The molecular formula is C15H22N2O4. The fraction of sp³-hybridized carbons (Fsp3) is 0.467. The van der Waals surface area contributed by atoms with Crippen LogP contribution >= 0.6 is 0 Å².